The van der Waals surface area contributed by atoms with Crippen molar-refractivity contribution in [2.75, 3.05) is 0 Å². The molecule has 0 atom stereocenters. The maximum Gasteiger partial charge on any atom is 0.0674 e. The molecule has 1 saturated carbocycles. The largest absolute Gasteiger partial charge is 0.257 e. The van der Waals surface area contributed by atoms with Gasteiger partial charge in [0.2, 0.25) is 0 Å². The number of hydrogen-bond acceptors (Lipinski definition) is 1. The van der Waals surface area contributed by atoms with Gasteiger partial charge in [-0.25, -0.2) is 0 Å². The molecule has 24 heavy (non-hydrogen) atoms. The number of hydrogen-bond donors (Lipinski definition) is 0. The van der Waals surface area contributed by atoms with E-state index in [-0.39, 0.29) is 10.8 Å². The molecule has 1 fully saturated rings. The number of nitrogens with zero attached hydrogens (tertiary/aromatic N) is 1. The monoisotopic (exact) mass is 315 g/mol. The number of fused-ring (bicyclic) bond motifs is 5. The van der Waals surface area contributed by atoms with Crippen LogP contribution in [-0.2, 0) is 10.8 Å². The van der Waals surface area contributed by atoms with Gasteiger partial charge in [0.15, 0.2) is 0 Å². The van der Waals surface area contributed by atoms with E-state index in [0.717, 1.165) is 0 Å². The molecular formula is C23H25N. The van der Waals surface area contributed by atoms with Gasteiger partial charge in [0.05, 0.1) is 5.69 Å². The van der Waals surface area contributed by atoms with Gasteiger partial charge in [0.1, 0.15) is 0 Å². The van der Waals surface area contributed by atoms with Gasteiger partial charge >= 0.3 is 0 Å². The van der Waals surface area contributed by atoms with E-state index in [2.05, 4.69) is 57.2 Å². The van der Waals surface area contributed by atoms with Gasteiger partial charge in [0.25, 0.3) is 0 Å². The smallest absolute Gasteiger partial charge is 0.0674 e. The predicted molar refractivity (Wildman–Crippen MR) is 102 cm³/mol. The van der Waals surface area contributed by atoms with Gasteiger partial charge in [-0.1, -0.05) is 57.4 Å². The zero-order chi connectivity index (χ0) is 16.5. The second kappa shape index (κ2) is 4.59. The molecule has 0 amide bonds. The number of benzene rings is 2. The van der Waals surface area contributed by atoms with E-state index in [4.69, 9.17) is 4.99 Å². The summed E-state index contributed by atoms with van der Waals surface area (Å²) in [6.07, 6.45) is 6.61. The molecule has 1 spiro atoms. The van der Waals surface area contributed by atoms with Crippen LogP contribution >= 0.6 is 0 Å². The van der Waals surface area contributed by atoms with Crippen molar-refractivity contribution in [2.24, 2.45) is 4.99 Å². The highest BCUT2D eigenvalue weighted by molar-refractivity contribution is 6.01. The number of rotatable bonds is 0. The molecule has 0 N–H and O–H groups in total. The van der Waals surface area contributed by atoms with E-state index in [0.29, 0.717) is 0 Å². The molecule has 2 aromatic rings. The molecule has 2 aliphatic carbocycles. The summed E-state index contributed by atoms with van der Waals surface area (Å²) in [6, 6.07) is 13.8. The summed E-state index contributed by atoms with van der Waals surface area (Å²) in [5.41, 5.74) is 10.2. The standard InChI is InChI=1S/C23H25N/c1-15-23(11-7-4-8-12-23)20-13-17-16-9-5-6-10-18(16)22(2,3)19(17)14-21(20)24-15/h5-6,9-10,13-14H,4,7-8,11-12H2,1-3H3. The van der Waals surface area contributed by atoms with Gasteiger partial charge in [-0.2, -0.15) is 0 Å². The summed E-state index contributed by atoms with van der Waals surface area (Å²) < 4.78 is 0. The van der Waals surface area contributed by atoms with E-state index in [9.17, 15) is 0 Å². The third kappa shape index (κ3) is 1.63. The molecule has 1 heterocycles. The molecule has 3 aliphatic rings. The Morgan fingerprint density at radius 1 is 0.833 bits per heavy atom. The van der Waals surface area contributed by atoms with Gasteiger partial charge in [-0.05, 0) is 59.7 Å². The molecule has 0 bridgehead atoms. The maximum absolute atomic E-state index is 5.05. The fraction of sp³-hybridized carbons (Fsp3) is 0.435. The van der Waals surface area contributed by atoms with Crippen LogP contribution in [0.3, 0.4) is 0 Å². The van der Waals surface area contributed by atoms with Crippen molar-refractivity contribution < 1.29 is 0 Å². The fourth-order valence-corrected chi connectivity index (χ4v) is 5.48. The van der Waals surface area contributed by atoms with Crippen LogP contribution < -0.4 is 0 Å². The highest BCUT2D eigenvalue weighted by Crippen LogP contribution is 2.55. The Kier molecular flexibility index (Phi) is 2.77. The lowest BCUT2D eigenvalue weighted by molar-refractivity contribution is 0.384. The average molecular weight is 315 g/mol. The topological polar surface area (TPSA) is 12.4 Å². The SMILES string of the molecule is CC1=Nc2cc3c(cc2C12CCCCC2)-c1ccccc1C3(C)C. The first-order valence-corrected chi connectivity index (χ1v) is 9.39. The van der Waals surface area contributed by atoms with Crippen molar-refractivity contribution in [3.05, 3.63) is 53.1 Å². The Balaban J connectivity index is 1.77. The van der Waals surface area contributed by atoms with Crippen molar-refractivity contribution in [1.82, 2.24) is 0 Å². The minimum atomic E-state index is 0.0761. The first kappa shape index (κ1) is 14.5. The summed E-state index contributed by atoms with van der Waals surface area (Å²) in [6.45, 7) is 6.97. The molecule has 122 valence electrons. The number of aliphatic imine (C=N–C) groups is 1. The molecular weight excluding hydrogens is 290 g/mol. The molecule has 2 aromatic carbocycles. The zero-order valence-corrected chi connectivity index (χ0v) is 14.9. The summed E-state index contributed by atoms with van der Waals surface area (Å²) in [5.74, 6) is 0. The Labute approximate surface area is 144 Å². The van der Waals surface area contributed by atoms with E-state index in [1.165, 1.54) is 71.3 Å². The lowest BCUT2D eigenvalue weighted by Gasteiger charge is -2.35. The Hall–Kier alpha value is -1.89. The molecule has 0 unspecified atom stereocenters. The second-order valence-electron chi connectivity index (χ2n) is 8.43. The fourth-order valence-electron chi connectivity index (χ4n) is 5.48. The molecule has 0 aromatic heterocycles. The van der Waals surface area contributed by atoms with Crippen LogP contribution in [0.25, 0.3) is 11.1 Å². The van der Waals surface area contributed by atoms with Crippen molar-refractivity contribution in [1.29, 1.82) is 0 Å². The summed E-state index contributed by atoms with van der Waals surface area (Å²) in [5, 5.41) is 0. The summed E-state index contributed by atoms with van der Waals surface area (Å²) >= 11 is 0. The second-order valence-corrected chi connectivity index (χ2v) is 8.43. The van der Waals surface area contributed by atoms with Gasteiger partial charge < -0.3 is 0 Å². The lowest BCUT2D eigenvalue weighted by atomic mass is 9.67. The minimum absolute atomic E-state index is 0.0761. The van der Waals surface area contributed by atoms with Crippen LogP contribution in [0.15, 0.2) is 41.4 Å². The lowest BCUT2D eigenvalue weighted by Crippen LogP contribution is -2.33. The van der Waals surface area contributed by atoms with E-state index < -0.39 is 0 Å². The highest BCUT2D eigenvalue weighted by atomic mass is 14.8. The van der Waals surface area contributed by atoms with Crippen molar-refractivity contribution in [3.8, 4) is 11.1 Å². The normalized spacial score (nSPS) is 22.0. The molecule has 1 aliphatic heterocycles. The third-order valence-corrected chi connectivity index (χ3v) is 6.90. The van der Waals surface area contributed by atoms with E-state index in [1.54, 1.807) is 0 Å². The van der Waals surface area contributed by atoms with Crippen molar-refractivity contribution >= 4 is 11.4 Å². The third-order valence-electron chi connectivity index (χ3n) is 6.90. The van der Waals surface area contributed by atoms with Crippen molar-refractivity contribution in [2.45, 2.75) is 63.7 Å². The Bertz CT molecular complexity index is 879. The average Bonchev–Trinajstić information content (AvgIpc) is 2.98. The molecule has 1 heteroatoms. The van der Waals surface area contributed by atoms with Crippen LogP contribution in [0.1, 0.15) is 69.6 Å². The quantitative estimate of drug-likeness (QED) is 0.541. The zero-order valence-electron chi connectivity index (χ0n) is 14.9. The summed E-state index contributed by atoms with van der Waals surface area (Å²) in [4.78, 5) is 5.05. The van der Waals surface area contributed by atoms with Crippen LogP contribution in [0.5, 0.6) is 0 Å². The molecule has 0 saturated heterocycles. The first-order valence-electron chi connectivity index (χ1n) is 9.39. The van der Waals surface area contributed by atoms with Gasteiger partial charge in [-0.3, -0.25) is 4.99 Å². The maximum atomic E-state index is 5.05. The van der Waals surface area contributed by atoms with Crippen LogP contribution in [0.2, 0.25) is 0 Å². The predicted octanol–water partition coefficient (Wildman–Crippen LogP) is 6.30. The van der Waals surface area contributed by atoms with Crippen molar-refractivity contribution in [3.63, 3.8) is 0 Å². The van der Waals surface area contributed by atoms with E-state index in [1.807, 2.05) is 0 Å². The Morgan fingerprint density at radius 3 is 2.38 bits per heavy atom. The first-order chi connectivity index (χ1) is 11.5. The van der Waals surface area contributed by atoms with Gasteiger partial charge in [-0.15, -0.1) is 0 Å². The molecule has 5 rings (SSSR count). The summed E-state index contributed by atoms with van der Waals surface area (Å²) in [7, 11) is 0. The Morgan fingerprint density at radius 2 is 1.58 bits per heavy atom. The highest BCUT2D eigenvalue weighted by Gasteiger charge is 2.44. The molecule has 0 radical (unpaired) electrons. The van der Waals surface area contributed by atoms with Crippen LogP contribution in [-0.4, -0.2) is 5.71 Å². The molecule has 1 nitrogen and oxygen atoms in total. The minimum Gasteiger partial charge on any atom is -0.257 e. The van der Waals surface area contributed by atoms with Crippen LogP contribution in [0, 0.1) is 0 Å². The van der Waals surface area contributed by atoms with Crippen LogP contribution in [0.4, 0.5) is 5.69 Å². The van der Waals surface area contributed by atoms with E-state index >= 15 is 0 Å². The van der Waals surface area contributed by atoms with Gasteiger partial charge in [0, 0.05) is 16.5 Å².